The first-order valence-corrected chi connectivity index (χ1v) is 10.3. The van der Waals surface area contributed by atoms with Crippen LogP contribution in [0.5, 0.6) is 5.75 Å². The number of methoxy groups -OCH3 is 1. The maximum Gasteiger partial charge on any atom is 0.188 e. The molecule has 0 aliphatic rings. The normalized spacial score (nSPS) is 11.7. The largest absolute Gasteiger partial charge is 0.467 e. The van der Waals surface area contributed by atoms with E-state index >= 15 is 0 Å². The maximum absolute atomic E-state index is 5.92. The summed E-state index contributed by atoms with van der Waals surface area (Å²) in [4.78, 5) is 2.46. The molecule has 0 aromatic heterocycles. The number of ether oxygens (including phenoxy) is 2. The zero-order chi connectivity index (χ0) is 19.1. The highest BCUT2D eigenvalue weighted by Gasteiger charge is 2.14. The molecule has 4 heteroatoms. The van der Waals surface area contributed by atoms with E-state index in [1.54, 1.807) is 7.11 Å². The van der Waals surface area contributed by atoms with Gasteiger partial charge in [0, 0.05) is 19.0 Å². The molecule has 1 atom stereocenters. The van der Waals surface area contributed by atoms with Crippen molar-refractivity contribution >= 4 is 19.2 Å². The molecule has 0 heterocycles. The van der Waals surface area contributed by atoms with Crippen molar-refractivity contribution in [3.8, 4) is 5.75 Å². The predicted octanol–water partition coefficient (Wildman–Crippen LogP) is 4.07. The third-order valence-electron chi connectivity index (χ3n) is 4.65. The highest BCUT2D eigenvalue weighted by atomic mass is 31.1. The van der Waals surface area contributed by atoms with Gasteiger partial charge in [-0.1, -0.05) is 46.7 Å². The molecule has 26 heavy (non-hydrogen) atoms. The smallest absolute Gasteiger partial charge is 0.188 e. The molecule has 0 radical (unpaired) electrons. The van der Waals surface area contributed by atoms with Crippen molar-refractivity contribution in [2.45, 2.75) is 41.2 Å². The van der Waals surface area contributed by atoms with Gasteiger partial charge in [0.1, 0.15) is 5.75 Å². The third kappa shape index (κ3) is 5.30. The average molecular weight is 373 g/mol. The maximum atomic E-state index is 5.92. The van der Waals surface area contributed by atoms with Crippen LogP contribution in [-0.2, 0) is 11.3 Å². The molecule has 0 N–H and O–H groups in total. The minimum Gasteiger partial charge on any atom is -0.467 e. The number of benzene rings is 2. The Labute approximate surface area is 160 Å². The molecule has 0 bridgehead atoms. The Morgan fingerprint density at radius 3 is 2.38 bits per heavy atom. The summed E-state index contributed by atoms with van der Waals surface area (Å²) in [6.07, 6.45) is 0. The van der Waals surface area contributed by atoms with Gasteiger partial charge in [-0.15, -0.1) is 0 Å². The Hall–Kier alpha value is -1.41. The van der Waals surface area contributed by atoms with E-state index in [1.165, 1.54) is 32.9 Å². The van der Waals surface area contributed by atoms with Gasteiger partial charge < -0.3 is 9.47 Å². The Bertz CT molecular complexity index is 726. The lowest BCUT2D eigenvalue weighted by molar-refractivity contribution is 0.0514. The van der Waals surface area contributed by atoms with Crippen molar-refractivity contribution in [2.24, 2.45) is 0 Å². The summed E-state index contributed by atoms with van der Waals surface area (Å²) in [5, 5.41) is 2.70. The van der Waals surface area contributed by atoms with Crippen molar-refractivity contribution < 1.29 is 9.47 Å². The summed E-state index contributed by atoms with van der Waals surface area (Å²) in [6.45, 7) is 14.3. The van der Waals surface area contributed by atoms with Crippen LogP contribution in [0.3, 0.4) is 0 Å². The molecule has 2 rings (SSSR count). The van der Waals surface area contributed by atoms with Crippen LogP contribution in [0.25, 0.3) is 0 Å². The van der Waals surface area contributed by atoms with Crippen LogP contribution < -0.4 is 15.3 Å². The molecule has 0 amide bonds. The van der Waals surface area contributed by atoms with E-state index in [0.29, 0.717) is 8.58 Å². The van der Waals surface area contributed by atoms with Crippen LogP contribution in [-0.4, -0.2) is 31.9 Å². The van der Waals surface area contributed by atoms with Gasteiger partial charge in [0.2, 0.25) is 0 Å². The van der Waals surface area contributed by atoms with E-state index in [1.807, 2.05) is 0 Å². The van der Waals surface area contributed by atoms with Gasteiger partial charge in [-0.25, -0.2) is 0 Å². The quantitative estimate of drug-likeness (QED) is 0.489. The summed E-state index contributed by atoms with van der Waals surface area (Å²) in [5.41, 5.74) is 5.21. The average Bonchev–Trinajstić information content (AvgIpc) is 2.61. The Kier molecular flexibility index (Phi) is 8.09. The van der Waals surface area contributed by atoms with E-state index in [4.69, 9.17) is 9.47 Å². The standard InChI is InChI=1S/C22H32NO2P/c1-7-23(8-2)14-19-11-9-10-17(4)22(19)26-20-13-16(3)12-18(5)21(20)25-15-24-6/h9-13,26H,7-8,14-15H2,1-6H3. The highest BCUT2D eigenvalue weighted by Crippen LogP contribution is 2.27. The van der Waals surface area contributed by atoms with Crippen LogP contribution in [0.4, 0.5) is 0 Å². The second kappa shape index (κ2) is 10.1. The number of aryl methyl sites for hydroxylation is 3. The second-order valence-corrected chi connectivity index (χ2v) is 7.99. The van der Waals surface area contributed by atoms with Gasteiger partial charge in [-0.05, 0) is 67.5 Å². The molecule has 0 aliphatic carbocycles. The highest BCUT2D eigenvalue weighted by molar-refractivity contribution is 7.56. The van der Waals surface area contributed by atoms with Gasteiger partial charge in [0.25, 0.3) is 0 Å². The molecule has 0 spiro atoms. The van der Waals surface area contributed by atoms with Crippen LogP contribution in [0.15, 0.2) is 30.3 Å². The Balaban J connectivity index is 2.42. The van der Waals surface area contributed by atoms with Crippen molar-refractivity contribution in [1.29, 1.82) is 0 Å². The topological polar surface area (TPSA) is 21.7 Å². The molecular formula is C22H32NO2P. The monoisotopic (exact) mass is 373 g/mol. The van der Waals surface area contributed by atoms with Crippen LogP contribution in [0.1, 0.15) is 36.1 Å². The number of nitrogens with zero attached hydrogens (tertiary/aromatic N) is 1. The fraction of sp³-hybridized carbons (Fsp3) is 0.455. The number of hydrogen-bond acceptors (Lipinski definition) is 3. The lowest BCUT2D eigenvalue weighted by atomic mass is 10.1. The van der Waals surface area contributed by atoms with Crippen molar-refractivity contribution in [3.05, 3.63) is 52.6 Å². The molecule has 0 saturated carbocycles. The van der Waals surface area contributed by atoms with E-state index in [2.05, 4.69) is 69.9 Å². The number of hydrogen-bond donors (Lipinski definition) is 0. The predicted molar refractivity (Wildman–Crippen MR) is 114 cm³/mol. The molecule has 3 nitrogen and oxygen atoms in total. The molecule has 0 saturated heterocycles. The van der Waals surface area contributed by atoms with Gasteiger partial charge >= 0.3 is 0 Å². The first-order chi connectivity index (χ1) is 12.5. The Morgan fingerprint density at radius 1 is 1.00 bits per heavy atom. The minimum absolute atomic E-state index is 0.279. The number of rotatable bonds is 9. The molecule has 0 fully saturated rings. The molecule has 2 aromatic carbocycles. The fourth-order valence-electron chi connectivity index (χ4n) is 3.22. The van der Waals surface area contributed by atoms with Gasteiger partial charge in [0.05, 0.1) is 0 Å². The molecular weight excluding hydrogens is 341 g/mol. The minimum atomic E-state index is 0.279. The van der Waals surface area contributed by atoms with Crippen LogP contribution in [0.2, 0.25) is 0 Å². The SMILES string of the molecule is CCN(CC)Cc1cccc(C)c1Pc1cc(C)cc(C)c1OCOC. The van der Waals surface area contributed by atoms with E-state index in [0.717, 1.165) is 25.4 Å². The first-order valence-electron chi connectivity index (χ1n) is 9.30. The van der Waals surface area contributed by atoms with Crippen LogP contribution >= 0.6 is 8.58 Å². The van der Waals surface area contributed by atoms with E-state index in [-0.39, 0.29) is 6.79 Å². The zero-order valence-corrected chi connectivity index (χ0v) is 18.0. The second-order valence-electron chi connectivity index (χ2n) is 6.70. The molecule has 0 aliphatic heterocycles. The van der Waals surface area contributed by atoms with Gasteiger partial charge in [-0.2, -0.15) is 0 Å². The fourth-order valence-corrected chi connectivity index (χ4v) is 4.77. The molecule has 1 unspecified atom stereocenters. The summed E-state index contributed by atoms with van der Waals surface area (Å²) in [5.74, 6) is 0.966. The molecule has 2 aromatic rings. The lowest BCUT2D eigenvalue weighted by Gasteiger charge is -2.22. The van der Waals surface area contributed by atoms with E-state index < -0.39 is 0 Å². The van der Waals surface area contributed by atoms with Gasteiger partial charge in [0.15, 0.2) is 6.79 Å². The summed E-state index contributed by atoms with van der Waals surface area (Å²) in [6, 6.07) is 11.1. The Morgan fingerprint density at radius 2 is 1.73 bits per heavy atom. The van der Waals surface area contributed by atoms with Crippen molar-refractivity contribution in [1.82, 2.24) is 4.90 Å². The molecule has 142 valence electrons. The summed E-state index contributed by atoms with van der Waals surface area (Å²) >= 11 is 0. The summed E-state index contributed by atoms with van der Waals surface area (Å²) < 4.78 is 11.1. The van der Waals surface area contributed by atoms with Crippen molar-refractivity contribution in [3.63, 3.8) is 0 Å². The summed E-state index contributed by atoms with van der Waals surface area (Å²) in [7, 11) is 2.23. The zero-order valence-electron chi connectivity index (χ0n) is 17.0. The lowest BCUT2D eigenvalue weighted by Crippen LogP contribution is -2.26. The third-order valence-corrected chi connectivity index (χ3v) is 6.25. The van der Waals surface area contributed by atoms with Gasteiger partial charge in [-0.3, -0.25) is 4.90 Å². The first kappa shape index (κ1) is 20.9. The van der Waals surface area contributed by atoms with Crippen LogP contribution in [0, 0.1) is 20.8 Å². The van der Waals surface area contributed by atoms with Crippen molar-refractivity contribution in [2.75, 3.05) is 27.0 Å². The van der Waals surface area contributed by atoms with E-state index in [9.17, 15) is 0 Å².